The van der Waals surface area contributed by atoms with Gasteiger partial charge >= 0.3 is 6.16 Å². The maximum absolute atomic E-state index is 10.3. The van der Waals surface area contributed by atoms with Gasteiger partial charge in [-0.1, -0.05) is 0 Å². The first-order valence-corrected chi connectivity index (χ1v) is 5.33. The molecule has 0 aliphatic rings. The lowest BCUT2D eigenvalue weighted by atomic mass is 10.1. The Balaban J connectivity index is 3.07. The summed E-state index contributed by atoms with van der Waals surface area (Å²) in [6.07, 6.45) is 0.716. The number of carbonyl (C=O) groups is 1. The van der Waals surface area contributed by atoms with Crippen LogP contribution < -0.4 is 4.74 Å². The lowest BCUT2D eigenvalue weighted by Gasteiger charge is -2.09. The third kappa shape index (κ3) is 2.42. The molecule has 76 valence electrons. The van der Waals surface area contributed by atoms with Crippen LogP contribution in [0.4, 0.5) is 4.79 Å². The summed E-state index contributed by atoms with van der Waals surface area (Å²) < 4.78 is 4.58. The molecule has 0 saturated carbocycles. The Bertz CT molecular complexity index is 337. The first-order valence-electron chi connectivity index (χ1n) is 4.10. The van der Waals surface area contributed by atoms with Crippen LogP contribution in [-0.4, -0.2) is 17.5 Å². The van der Waals surface area contributed by atoms with Crippen LogP contribution in [0.3, 0.4) is 0 Å². The molecule has 1 N–H and O–H groups in total. The normalized spacial score (nSPS) is 9.93. The van der Waals surface area contributed by atoms with Gasteiger partial charge in [0.25, 0.3) is 0 Å². The molecule has 0 radical (unpaired) electrons. The van der Waals surface area contributed by atoms with Crippen molar-refractivity contribution in [2.75, 3.05) is 6.26 Å². The van der Waals surface area contributed by atoms with Gasteiger partial charge in [0.15, 0.2) is 0 Å². The maximum Gasteiger partial charge on any atom is 0.511 e. The molecule has 3 nitrogen and oxygen atoms in total. The number of carboxylic acid groups (broad SMARTS) is 1. The molecule has 0 amide bonds. The topological polar surface area (TPSA) is 46.5 Å². The zero-order valence-electron chi connectivity index (χ0n) is 8.33. The van der Waals surface area contributed by atoms with Crippen LogP contribution in [0, 0.1) is 13.8 Å². The predicted octanol–water partition coefficient (Wildman–Crippen LogP) is 3.08. The van der Waals surface area contributed by atoms with Gasteiger partial charge in [0.05, 0.1) is 0 Å². The van der Waals surface area contributed by atoms with Crippen molar-refractivity contribution in [1.29, 1.82) is 0 Å². The summed E-state index contributed by atoms with van der Waals surface area (Å²) in [4.78, 5) is 11.5. The summed E-state index contributed by atoms with van der Waals surface area (Å²) in [5.41, 5.74) is 2.07. The molecule has 0 bridgehead atoms. The third-order valence-corrected chi connectivity index (χ3v) is 2.90. The molecule has 0 aliphatic heterocycles. The number of hydrogen-bond donors (Lipinski definition) is 1. The minimum Gasteiger partial charge on any atom is -0.449 e. The third-order valence-electron chi connectivity index (χ3n) is 1.84. The van der Waals surface area contributed by atoms with E-state index in [2.05, 4.69) is 4.74 Å². The fraction of sp³-hybridized carbons (Fsp3) is 0.300. The zero-order chi connectivity index (χ0) is 10.7. The van der Waals surface area contributed by atoms with Crippen molar-refractivity contribution in [3.63, 3.8) is 0 Å². The summed E-state index contributed by atoms with van der Waals surface area (Å²) in [5, 5.41) is 8.45. The molecule has 1 aromatic rings. The second-order valence-corrected chi connectivity index (χ2v) is 3.77. The molecule has 14 heavy (non-hydrogen) atoms. The van der Waals surface area contributed by atoms with Crippen molar-refractivity contribution in [2.45, 2.75) is 18.7 Å². The van der Waals surface area contributed by atoms with Crippen molar-refractivity contribution in [3.8, 4) is 5.75 Å². The minimum atomic E-state index is -1.28. The average molecular weight is 212 g/mol. The molecule has 1 rings (SSSR count). The van der Waals surface area contributed by atoms with E-state index in [1.54, 1.807) is 23.9 Å². The highest BCUT2D eigenvalue weighted by Gasteiger charge is 2.07. The standard InChI is InChI=1S/C10H12O3S/c1-6-4-8(13-10(11)12)5-7(2)9(6)14-3/h4-5H,1-3H3,(H,11,12). The first kappa shape index (κ1) is 10.9. The number of benzene rings is 1. The van der Waals surface area contributed by atoms with Crippen molar-refractivity contribution in [2.24, 2.45) is 0 Å². The Kier molecular flexibility index (Phi) is 3.41. The molecule has 0 aliphatic carbocycles. The Morgan fingerprint density at radius 2 is 1.86 bits per heavy atom. The second kappa shape index (κ2) is 4.37. The molecule has 4 heteroatoms. The Morgan fingerprint density at radius 3 is 2.21 bits per heavy atom. The van der Waals surface area contributed by atoms with Crippen molar-refractivity contribution >= 4 is 17.9 Å². The van der Waals surface area contributed by atoms with Crippen LogP contribution in [0.5, 0.6) is 5.75 Å². The SMILES string of the molecule is CSc1c(C)cc(OC(=O)O)cc1C. The van der Waals surface area contributed by atoms with E-state index in [0.717, 1.165) is 11.1 Å². The van der Waals surface area contributed by atoms with E-state index in [9.17, 15) is 4.79 Å². The largest absolute Gasteiger partial charge is 0.511 e. The highest BCUT2D eigenvalue weighted by Crippen LogP contribution is 2.28. The lowest BCUT2D eigenvalue weighted by molar-refractivity contribution is 0.144. The Hall–Kier alpha value is -1.16. The summed E-state index contributed by atoms with van der Waals surface area (Å²) >= 11 is 1.65. The summed E-state index contributed by atoms with van der Waals surface area (Å²) in [6.45, 7) is 3.88. The molecule has 0 unspecified atom stereocenters. The van der Waals surface area contributed by atoms with Crippen LogP contribution in [-0.2, 0) is 0 Å². The van der Waals surface area contributed by atoms with Gasteiger partial charge in [0.1, 0.15) is 5.75 Å². The predicted molar refractivity (Wildman–Crippen MR) is 56.3 cm³/mol. The van der Waals surface area contributed by atoms with Gasteiger partial charge in [-0.2, -0.15) is 0 Å². The summed E-state index contributed by atoms with van der Waals surface area (Å²) in [5.74, 6) is 0.380. The van der Waals surface area contributed by atoms with Gasteiger partial charge in [0.2, 0.25) is 0 Å². The lowest BCUT2D eigenvalue weighted by Crippen LogP contribution is -2.03. The quantitative estimate of drug-likeness (QED) is 0.465. The summed E-state index contributed by atoms with van der Waals surface area (Å²) in [7, 11) is 0. The molecule has 0 saturated heterocycles. The second-order valence-electron chi connectivity index (χ2n) is 2.96. The van der Waals surface area contributed by atoms with Gasteiger partial charge in [0, 0.05) is 4.90 Å². The minimum absolute atomic E-state index is 0.380. The molecule has 1 aromatic carbocycles. The molecule has 0 heterocycles. The van der Waals surface area contributed by atoms with Crippen molar-refractivity contribution in [1.82, 2.24) is 0 Å². The van der Waals surface area contributed by atoms with E-state index >= 15 is 0 Å². The van der Waals surface area contributed by atoms with Crippen LogP contribution in [0.1, 0.15) is 11.1 Å². The molecular weight excluding hydrogens is 200 g/mol. The van der Waals surface area contributed by atoms with E-state index in [1.165, 1.54) is 4.90 Å². The Morgan fingerprint density at radius 1 is 1.36 bits per heavy atom. The molecular formula is C10H12O3S. The highest BCUT2D eigenvalue weighted by molar-refractivity contribution is 7.98. The fourth-order valence-corrected chi connectivity index (χ4v) is 2.15. The monoisotopic (exact) mass is 212 g/mol. The zero-order valence-corrected chi connectivity index (χ0v) is 9.14. The average Bonchev–Trinajstić information content (AvgIpc) is 2.01. The molecule has 0 atom stereocenters. The van der Waals surface area contributed by atoms with Crippen LogP contribution in [0.25, 0.3) is 0 Å². The number of thioether (sulfide) groups is 1. The van der Waals surface area contributed by atoms with Crippen molar-refractivity contribution < 1.29 is 14.6 Å². The van der Waals surface area contributed by atoms with E-state index in [0.29, 0.717) is 5.75 Å². The van der Waals surface area contributed by atoms with Gasteiger partial charge in [-0.25, -0.2) is 4.79 Å². The number of aryl methyl sites for hydroxylation is 2. The van der Waals surface area contributed by atoms with Gasteiger partial charge < -0.3 is 9.84 Å². The number of ether oxygens (including phenoxy) is 1. The van der Waals surface area contributed by atoms with E-state index in [4.69, 9.17) is 5.11 Å². The number of hydrogen-bond acceptors (Lipinski definition) is 3. The molecule has 0 aromatic heterocycles. The Labute approximate surface area is 87.1 Å². The van der Waals surface area contributed by atoms with E-state index in [-0.39, 0.29) is 0 Å². The van der Waals surface area contributed by atoms with Gasteiger partial charge in [-0.3, -0.25) is 0 Å². The molecule has 0 spiro atoms. The van der Waals surface area contributed by atoms with E-state index < -0.39 is 6.16 Å². The van der Waals surface area contributed by atoms with Gasteiger partial charge in [-0.05, 0) is 43.4 Å². The summed E-state index contributed by atoms with van der Waals surface area (Å²) in [6, 6.07) is 3.46. The fourth-order valence-electron chi connectivity index (χ4n) is 1.39. The molecule has 0 fully saturated rings. The van der Waals surface area contributed by atoms with Crippen LogP contribution in [0.15, 0.2) is 17.0 Å². The van der Waals surface area contributed by atoms with E-state index in [1.807, 2.05) is 20.1 Å². The van der Waals surface area contributed by atoms with Crippen molar-refractivity contribution in [3.05, 3.63) is 23.3 Å². The number of rotatable bonds is 2. The highest BCUT2D eigenvalue weighted by atomic mass is 32.2. The smallest absolute Gasteiger partial charge is 0.449 e. The maximum atomic E-state index is 10.3. The first-order chi connectivity index (χ1) is 6.54. The van der Waals surface area contributed by atoms with Crippen LogP contribution in [0.2, 0.25) is 0 Å². The van der Waals surface area contributed by atoms with Gasteiger partial charge in [-0.15, -0.1) is 11.8 Å². The van der Waals surface area contributed by atoms with Crippen LogP contribution >= 0.6 is 11.8 Å².